The highest BCUT2D eigenvalue weighted by Crippen LogP contribution is 2.39. The third kappa shape index (κ3) is 5.04. The average molecular weight is 507 g/mol. The van der Waals surface area contributed by atoms with Gasteiger partial charge in [0.1, 0.15) is 23.8 Å². The number of aromatic nitrogens is 2. The molecule has 1 aliphatic rings. The van der Waals surface area contributed by atoms with E-state index < -0.39 is 6.09 Å². The Hall–Kier alpha value is -3.91. The number of hydrogen-bond donors (Lipinski definition) is 1. The SMILES string of the molecule is COc1cc(OCc2ccccc2)c(-c2cn3ccc(N4CCCN(C(=O)O)CC4)cc3n2)cc1Cl. The molecule has 0 spiro atoms. The summed E-state index contributed by atoms with van der Waals surface area (Å²) < 4.78 is 13.6. The van der Waals surface area contributed by atoms with Crippen LogP contribution in [0.2, 0.25) is 5.02 Å². The summed E-state index contributed by atoms with van der Waals surface area (Å²) in [4.78, 5) is 19.9. The van der Waals surface area contributed by atoms with Crippen LogP contribution in [0.3, 0.4) is 0 Å². The number of methoxy groups -OCH3 is 1. The van der Waals surface area contributed by atoms with E-state index in [1.807, 2.05) is 65.3 Å². The summed E-state index contributed by atoms with van der Waals surface area (Å²) in [7, 11) is 1.58. The molecule has 4 aromatic rings. The zero-order valence-corrected chi connectivity index (χ0v) is 20.7. The number of fused-ring (bicyclic) bond motifs is 1. The van der Waals surface area contributed by atoms with Gasteiger partial charge in [-0.05, 0) is 24.1 Å². The van der Waals surface area contributed by atoms with Crippen molar-refractivity contribution in [3.8, 4) is 22.8 Å². The van der Waals surface area contributed by atoms with Gasteiger partial charge in [0.15, 0.2) is 0 Å². The number of carbonyl (C=O) groups is 1. The molecule has 1 fully saturated rings. The zero-order chi connectivity index (χ0) is 25.1. The summed E-state index contributed by atoms with van der Waals surface area (Å²) in [6.07, 6.45) is 3.83. The number of pyridine rings is 1. The number of imidazole rings is 1. The number of nitrogens with zero attached hydrogens (tertiary/aromatic N) is 4. The molecule has 0 unspecified atom stereocenters. The second kappa shape index (κ2) is 10.4. The molecule has 2 aromatic carbocycles. The van der Waals surface area contributed by atoms with E-state index in [0.717, 1.165) is 41.1 Å². The molecule has 186 valence electrons. The van der Waals surface area contributed by atoms with Crippen LogP contribution >= 0.6 is 11.6 Å². The Morgan fingerprint density at radius 2 is 1.89 bits per heavy atom. The number of hydrogen-bond acceptors (Lipinski definition) is 5. The van der Waals surface area contributed by atoms with E-state index >= 15 is 0 Å². The lowest BCUT2D eigenvalue weighted by atomic mass is 10.1. The van der Waals surface area contributed by atoms with Gasteiger partial charge >= 0.3 is 6.09 Å². The van der Waals surface area contributed by atoms with E-state index in [4.69, 9.17) is 26.1 Å². The minimum absolute atomic E-state index is 0.401. The molecule has 0 bridgehead atoms. The molecular formula is C27H27ClN4O4. The van der Waals surface area contributed by atoms with Crippen LogP contribution in [-0.2, 0) is 6.61 Å². The predicted octanol–water partition coefficient (Wildman–Crippen LogP) is 5.43. The molecule has 1 N–H and O–H groups in total. The second-order valence-electron chi connectivity index (χ2n) is 8.64. The summed E-state index contributed by atoms with van der Waals surface area (Å²) in [6, 6.07) is 17.6. The molecule has 0 radical (unpaired) electrons. The molecular weight excluding hydrogens is 480 g/mol. The van der Waals surface area contributed by atoms with Crippen molar-refractivity contribution in [3.63, 3.8) is 0 Å². The fourth-order valence-corrected chi connectivity index (χ4v) is 4.65. The topological polar surface area (TPSA) is 79.5 Å². The number of benzene rings is 2. The summed E-state index contributed by atoms with van der Waals surface area (Å²) in [5, 5.41) is 9.79. The molecule has 9 heteroatoms. The molecule has 36 heavy (non-hydrogen) atoms. The fourth-order valence-electron chi connectivity index (χ4n) is 4.41. The average Bonchev–Trinajstić information content (AvgIpc) is 3.15. The molecule has 0 atom stereocenters. The van der Waals surface area contributed by atoms with Crippen LogP contribution < -0.4 is 14.4 Å². The summed E-state index contributed by atoms with van der Waals surface area (Å²) in [5.41, 5.74) is 4.35. The number of amides is 1. The van der Waals surface area contributed by atoms with Gasteiger partial charge in [-0.2, -0.15) is 0 Å². The maximum absolute atomic E-state index is 11.3. The van der Waals surface area contributed by atoms with Gasteiger partial charge in [-0.3, -0.25) is 0 Å². The van der Waals surface area contributed by atoms with E-state index in [0.29, 0.717) is 42.8 Å². The van der Waals surface area contributed by atoms with Crippen molar-refractivity contribution in [1.29, 1.82) is 0 Å². The minimum Gasteiger partial charge on any atom is -0.495 e. The Morgan fingerprint density at radius 1 is 1.06 bits per heavy atom. The van der Waals surface area contributed by atoms with Crippen molar-refractivity contribution in [2.45, 2.75) is 13.0 Å². The maximum Gasteiger partial charge on any atom is 0.407 e. The lowest BCUT2D eigenvalue weighted by Crippen LogP contribution is -2.34. The molecule has 2 aromatic heterocycles. The standard InChI is InChI=1S/C27H27ClN4O4/c1-35-25-16-24(36-18-19-6-3-2-4-7-19)21(15-22(25)28)23-17-32-11-8-20(14-26(32)29-23)30-9-5-10-31(13-12-30)27(33)34/h2-4,6-8,11,14-17H,5,9-10,12-13,18H2,1H3,(H,33,34). The molecule has 1 amide bonds. The smallest absolute Gasteiger partial charge is 0.407 e. The Labute approximate surface area is 214 Å². The van der Waals surface area contributed by atoms with E-state index in [9.17, 15) is 9.90 Å². The Kier molecular flexibility index (Phi) is 6.86. The molecule has 3 heterocycles. The van der Waals surface area contributed by atoms with Crippen molar-refractivity contribution >= 4 is 29.0 Å². The van der Waals surface area contributed by atoms with Crippen LogP contribution in [0.15, 0.2) is 67.0 Å². The van der Waals surface area contributed by atoms with Crippen LogP contribution in [0, 0.1) is 0 Å². The van der Waals surface area contributed by atoms with Gasteiger partial charge in [-0.1, -0.05) is 41.9 Å². The van der Waals surface area contributed by atoms with E-state index in [-0.39, 0.29) is 0 Å². The number of halogens is 1. The highest BCUT2D eigenvalue weighted by atomic mass is 35.5. The monoisotopic (exact) mass is 506 g/mol. The second-order valence-corrected chi connectivity index (χ2v) is 9.05. The number of ether oxygens (including phenoxy) is 2. The maximum atomic E-state index is 11.3. The molecule has 8 nitrogen and oxygen atoms in total. The van der Waals surface area contributed by atoms with E-state index in [1.54, 1.807) is 13.2 Å². The van der Waals surface area contributed by atoms with Gasteiger partial charge in [0.25, 0.3) is 0 Å². The predicted molar refractivity (Wildman–Crippen MR) is 139 cm³/mol. The molecule has 1 saturated heterocycles. The molecule has 0 saturated carbocycles. The van der Waals surface area contributed by atoms with Gasteiger partial charge < -0.3 is 28.8 Å². The van der Waals surface area contributed by atoms with Crippen molar-refractivity contribution < 1.29 is 19.4 Å². The lowest BCUT2D eigenvalue weighted by Gasteiger charge is -2.22. The van der Waals surface area contributed by atoms with Gasteiger partial charge in [0.2, 0.25) is 0 Å². The first-order valence-corrected chi connectivity index (χ1v) is 12.2. The Balaban J connectivity index is 1.44. The van der Waals surface area contributed by atoms with Crippen LogP contribution in [0.25, 0.3) is 16.9 Å². The largest absolute Gasteiger partial charge is 0.495 e. The molecule has 0 aliphatic carbocycles. The fraction of sp³-hybridized carbons (Fsp3) is 0.259. The summed E-state index contributed by atoms with van der Waals surface area (Å²) in [6.45, 7) is 2.86. The van der Waals surface area contributed by atoms with Crippen molar-refractivity contribution in [2.75, 3.05) is 38.2 Å². The first-order valence-electron chi connectivity index (χ1n) is 11.8. The summed E-state index contributed by atoms with van der Waals surface area (Å²) in [5.74, 6) is 1.16. The third-order valence-electron chi connectivity index (χ3n) is 6.34. The highest BCUT2D eigenvalue weighted by molar-refractivity contribution is 6.32. The minimum atomic E-state index is -0.867. The zero-order valence-electron chi connectivity index (χ0n) is 19.9. The first-order chi connectivity index (χ1) is 17.5. The number of carboxylic acid groups (broad SMARTS) is 1. The first kappa shape index (κ1) is 23.8. The van der Waals surface area contributed by atoms with E-state index in [2.05, 4.69) is 4.90 Å². The van der Waals surface area contributed by atoms with E-state index in [1.165, 1.54) is 4.90 Å². The van der Waals surface area contributed by atoms with Crippen LogP contribution in [0.1, 0.15) is 12.0 Å². The van der Waals surface area contributed by atoms with Gasteiger partial charge in [-0.25, -0.2) is 9.78 Å². The van der Waals surface area contributed by atoms with Gasteiger partial charge in [0.05, 0.1) is 17.8 Å². The van der Waals surface area contributed by atoms with Crippen LogP contribution in [0.4, 0.5) is 10.5 Å². The van der Waals surface area contributed by atoms with Crippen molar-refractivity contribution in [2.24, 2.45) is 0 Å². The van der Waals surface area contributed by atoms with Crippen molar-refractivity contribution in [3.05, 3.63) is 77.6 Å². The molecule has 5 rings (SSSR count). The third-order valence-corrected chi connectivity index (χ3v) is 6.64. The summed E-state index contributed by atoms with van der Waals surface area (Å²) >= 11 is 6.48. The lowest BCUT2D eigenvalue weighted by molar-refractivity contribution is 0.148. The van der Waals surface area contributed by atoms with Crippen molar-refractivity contribution in [1.82, 2.24) is 14.3 Å². The Morgan fingerprint density at radius 3 is 2.67 bits per heavy atom. The normalized spacial score (nSPS) is 14.1. The quantitative estimate of drug-likeness (QED) is 0.375. The number of anilines is 1. The van der Waals surface area contributed by atoms with Gasteiger partial charge in [-0.15, -0.1) is 0 Å². The molecule has 1 aliphatic heterocycles. The highest BCUT2D eigenvalue weighted by Gasteiger charge is 2.20. The van der Waals surface area contributed by atoms with Crippen LogP contribution in [-0.4, -0.2) is 58.8 Å². The number of rotatable bonds is 6. The van der Waals surface area contributed by atoms with Gasteiger partial charge in [0, 0.05) is 62.0 Å². The van der Waals surface area contributed by atoms with Crippen LogP contribution in [0.5, 0.6) is 11.5 Å². The Bertz CT molecular complexity index is 1380.